The summed E-state index contributed by atoms with van der Waals surface area (Å²) >= 11 is 28.6. The molecule has 12 heteroatoms. The Hall–Kier alpha value is -0.260. The molecule has 124 valence electrons. The standard InChI is InChI=1S/C10H14Cl2N4O2S4/c11-5(7(17)13-1-3-15-9(19)20)6(12)8(18)14-2-4-16-10(21)22/h1-4H2,(H,13,17)(H,14,18)(H2,15,19,20)(H2,16,21,22)/b6-5+. The summed E-state index contributed by atoms with van der Waals surface area (Å²) in [6, 6.07) is 0. The van der Waals surface area contributed by atoms with Crippen molar-refractivity contribution in [3.05, 3.63) is 10.1 Å². The molecule has 0 radical (unpaired) electrons. The molecule has 4 N–H and O–H groups in total. The van der Waals surface area contributed by atoms with E-state index >= 15 is 0 Å². The molecule has 0 heterocycles. The monoisotopic (exact) mass is 420 g/mol. The van der Waals surface area contributed by atoms with Gasteiger partial charge in [0.1, 0.15) is 18.7 Å². The van der Waals surface area contributed by atoms with Gasteiger partial charge in [-0.25, -0.2) is 0 Å². The summed E-state index contributed by atoms with van der Waals surface area (Å²) in [6.45, 7) is 1.23. The summed E-state index contributed by atoms with van der Waals surface area (Å²) in [4.78, 5) is 23.3. The van der Waals surface area contributed by atoms with E-state index in [1.165, 1.54) is 0 Å². The van der Waals surface area contributed by atoms with Gasteiger partial charge in [-0.3, -0.25) is 9.59 Å². The molecule has 0 unspecified atom stereocenters. The van der Waals surface area contributed by atoms with Gasteiger partial charge in [0, 0.05) is 26.2 Å². The Kier molecular flexibility index (Phi) is 12.1. The number of thiol groups is 2. The van der Waals surface area contributed by atoms with E-state index in [-0.39, 0.29) is 13.1 Å². The number of hydrogen-bond donors (Lipinski definition) is 6. The van der Waals surface area contributed by atoms with Crippen molar-refractivity contribution in [2.24, 2.45) is 0 Å². The molecule has 0 spiro atoms. The van der Waals surface area contributed by atoms with Crippen LogP contribution in [-0.2, 0) is 9.59 Å². The first kappa shape index (κ1) is 21.7. The third kappa shape index (κ3) is 10.5. The molecule has 0 saturated carbocycles. The number of hydrogen-bond acceptors (Lipinski definition) is 4. The van der Waals surface area contributed by atoms with E-state index in [1.54, 1.807) is 0 Å². The molecule has 0 aromatic rings. The van der Waals surface area contributed by atoms with Gasteiger partial charge in [-0.05, 0) is 0 Å². The number of thiocarbonyl (C=S) groups is 2. The van der Waals surface area contributed by atoms with Gasteiger partial charge in [0.05, 0.1) is 0 Å². The third-order valence-electron chi connectivity index (χ3n) is 1.96. The maximum Gasteiger partial charge on any atom is 0.264 e. The van der Waals surface area contributed by atoms with Crippen molar-refractivity contribution < 1.29 is 9.59 Å². The largest absolute Gasteiger partial charge is 0.369 e. The summed E-state index contributed by atoms with van der Waals surface area (Å²) in [5.41, 5.74) is 0. The quantitative estimate of drug-likeness (QED) is 0.148. The fourth-order valence-electron chi connectivity index (χ4n) is 1.05. The third-order valence-corrected chi connectivity index (χ3v) is 3.39. The van der Waals surface area contributed by atoms with Crippen LogP contribution in [0.5, 0.6) is 0 Å². The Bertz CT molecular complexity index is 446. The lowest BCUT2D eigenvalue weighted by Crippen LogP contribution is -2.35. The van der Waals surface area contributed by atoms with Crippen molar-refractivity contribution in [3.63, 3.8) is 0 Å². The maximum atomic E-state index is 11.7. The van der Waals surface area contributed by atoms with Gasteiger partial charge in [0.2, 0.25) is 0 Å². The van der Waals surface area contributed by atoms with Crippen molar-refractivity contribution in [2.45, 2.75) is 0 Å². The smallest absolute Gasteiger partial charge is 0.264 e. The van der Waals surface area contributed by atoms with Crippen molar-refractivity contribution in [1.29, 1.82) is 0 Å². The highest BCUT2D eigenvalue weighted by atomic mass is 35.5. The second kappa shape index (κ2) is 12.2. The van der Waals surface area contributed by atoms with E-state index < -0.39 is 21.9 Å². The Balaban J connectivity index is 4.25. The maximum absolute atomic E-state index is 11.7. The normalized spacial score (nSPS) is 11.1. The van der Waals surface area contributed by atoms with Crippen LogP contribution in [0.25, 0.3) is 0 Å². The zero-order chi connectivity index (χ0) is 17.1. The average Bonchev–Trinajstić information content (AvgIpc) is 2.45. The van der Waals surface area contributed by atoms with Crippen LogP contribution in [-0.4, -0.2) is 46.6 Å². The number of rotatable bonds is 8. The van der Waals surface area contributed by atoms with Crippen molar-refractivity contribution >= 4 is 93.4 Å². The minimum atomic E-state index is -0.664. The van der Waals surface area contributed by atoms with E-state index in [0.29, 0.717) is 21.7 Å². The lowest BCUT2D eigenvalue weighted by atomic mass is 10.4. The highest BCUT2D eigenvalue weighted by molar-refractivity contribution is 8.11. The molecule has 0 rings (SSSR count). The molecular formula is C10H14Cl2N4O2S4. The van der Waals surface area contributed by atoms with E-state index in [2.05, 4.69) is 71.0 Å². The number of amides is 2. The fourth-order valence-corrected chi connectivity index (χ4v) is 1.78. The predicted molar refractivity (Wildman–Crippen MR) is 104 cm³/mol. The minimum absolute atomic E-state index is 0.241. The van der Waals surface area contributed by atoms with Crippen LogP contribution in [0.1, 0.15) is 0 Å². The van der Waals surface area contributed by atoms with E-state index in [1.807, 2.05) is 0 Å². The first-order valence-electron chi connectivity index (χ1n) is 5.81. The molecule has 2 amide bonds. The van der Waals surface area contributed by atoms with Crippen molar-refractivity contribution in [3.8, 4) is 0 Å². The lowest BCUT2D eigenvalue weighted by molar-refractivity contribution is -0.119. The second-order valence-electron chi connectivity index (χ2n) is 3.60. The Morgan fingerprint density at radius 2 is 1.00 bits per heavy atom. The second-order valence-corrected chi connectivity index (χ2v) is 6.68. The topological polar surface area (TPSA) is 82.3 Å². The van der Waals surface area contributed by atoms with Crippen molar-refractivity contribution in [2.75, 3.05) is 26.2 Å². The lowest BCUT2D eigenvalue weighted by Gasteiger charge is -2.08. The van der Waals surface area contributed by atoms with E-state index in [0.717, 1.165) is 0 Å². The van der Waals surface area contributed by atoms with Crippen LogP contribution < -0.4 is 21.3 Å². The molecule has 0 fully saturated rings. The van der Waals surface area contributed by atoms with Crippen LogP contribution in [0, 0.1) is 0 Å². The highest BCUT2D eigenvalue weighted by Crippen LogP contribution is 2.14. The number of carbonyl (C=O) groups is 2. The van der Waals surface area contributed by atoms with Gasteiger partial charge in [-0.2, -0.15) is 0 Å². The fraction of sp³-hybridized carbons (Fsp3) is 0.400. The van der Waals surface area contributed by atoms with Crippen molar-refractivity contribution in [1.82, 2.24) is 21.3 Å². The van der Waals surface area contributed by atoms with E-state index in [4.69, 9.17) is 23.2 Å². The van der Waals surface area contributed by atoms with Gasteiger partial charge >= 0.3 is 0 Å². The first-order valence-corrected chi connectivity index (χ1v) is 8.27. The Labute approximate surface area is 159 Å². The van der Waals surface area contributed by atoms with Crippen LogP contribution in [0.4, 0.5) is 0 Å². The van der Waals surface area contributed by atoms with Gasteiger partial charge in [-0.15, -0.1) is 25.3 Å². The van der Waals surface area contributed by atoms with Crippen LogP contribution in [0.2, 0.25) is 0 Å². The molecule has 0 aliphatic carbocycles. The van der Waals surface area contributed by atoms with E-state index in [9.17, 15) is 9.59 Å². The van der Waals surface area contributed by atoms with Crippen LogP contribution in [0.3, 0.4) is 0 Å². The Morgan fingerprint density at radius 3 is 1.27 bits per heavy atom. The molecule has 22 heavy (non-hydrogen) atoms. The van der Waals surface area contributed by atoms with Gasteiger partial charge in [0.15, 0.2) is 0 Å². The summed E-state index contributed by atoms with van der Waals surface area (Å²) in [5, 5.41) is 9.58. The van der Waals surface area contributed by atoms with Gasteiger partial charge in [0.25, 0.3) is 11.8 Å². The zero-order valence-corrected chi connectivity index (χ0v) is 16.0. The molecule has 0 saturated heterocycles. The molecule has 0 aliphatic heterocycles. The van der Waals surface area contributed by atoms with Crippen LogP contribution >= 0.6 is 72.9 Å². The molecule has 0 atom stereocenters. The molecule has 0 bridgehead atoms. The highest BCUT2D eigenvalue weighted by Gasteiger charge is 2.17. The molecule has 0 aliphatic rings. The summed E-state index contributed by atoms with van der Waals surface area (Å²) < 4.78 is 0.616. The van der Waals surface area contributed by atoms with Gasteiger partial charge in [-0.1, -0.05) is 47.6 Å². The number of nitrogens with one attached hydrogen (secondary N) is 4. The molecule has 6 nitrogen and oxygen atoms in total. The van der Waals surface area contributed by atoms with Gasteiger partial charge < -0.3 is 21.3 Å². The predicted octanol–water partition coefficient (Wildman–Crippen LogP) is 0.517. The molecular weight excluding hydrogens is 407 g/mol. The summed E-state index contributed by atoms with van der Waals surface area (Å²) in [5.74, 6) is -1.33. The molecule has 0 aromatic heterocycles. The minimum Gasteiger partial charge on any atom is -0.369 e. The average molecular weight is 421 g/mol. The van der Waals surface area contributed by atoms with Crippen LogP contribution in [0.15, 0.2) is 10.1 Å². The summed E-state index contributed by atoms with van der Waals surface area (Å²) in [7, 11) is 0. The summed E-state index contributed by atoms with van der Waals surface area (Å²) in [6.07, 6.45) is 0. The number of carbonyl (C=O) groups excluding carboxylic acids is 2. The Morgan fingerprint density at radius 1 is 0.727 bits per heavy atom. The number of halogens is 2. The molecule has 0 aromatic carbocycles. The SMILES string of the molecule is O=C(NCCNC(=S)S)/C(Cl)=C(\Cl)C(=O)NCCNC(=S)S. The zero-order valence-electron chi connectivity index (χ0n) is 11.1. The first-order chi connectivity index (χ1) is 10.3.